The molecule has 0 radical (unpaired) electrons. The molecular weight excluding hydrogens is 577 g/mol. The molecule has 9 heteroatoms. The SMILES string of the molecule is CCCCCCCCCCCCCCCC(=O)N[C@@H](Cc1ccc(OCc2ccc(OC)c(C)c2)cc1)C(=O)C[P+](O)(O)O. The van der Waals surface area contributed by atoms with E-state index in [0.29, 0.717) is 18.8 Å². The second-order valence-electron chi connectivity index (χ2n) is 11.9. The molecule has 0 bridgehead atoms. The van der Waals surface area contributed by atoms with Crippen LogP contribution in [0, 0.1) is 6.92 Å². The van der Waals surface area contributed by atoms with Gasteiger partial charge in [-0.25, -0.2) is 0 Å². The molecule has 44 heavy (non-hydrogen) atoms. The van der Waals surface area contributed by atoms with Gasteiger partial charge < -0.3 is 14.8 Å². The summed E-state index contributed by atoms with van der Waals surface area (Å²) < 4.78 is 11.2. The third kappa shape index (κ3) is 16.5. The fourth-order valence-corrected chi connectivity index (χ4v) is 5.93. The van der Waals surface area contributed by atoms with Gasteiger partial charge in [0.2, 0.25) is 11.7 Å². The maximum absolute atomic E-state index is 12.8. The molecule has 0 aliphatic carbocycles. The number of hydrogen-bond donors (Lipinski definition) is 4. The lowest BCUT2D eigenvalue weighted by Crippen LogP contribution is -2.43. The van der Waals surface area contributed by atoms with Gasteiger partial charge in [-0.15, -0.1) is 0 Å². The molecule has 0 aliphatic heterocycles. The Labute approximate surface area is 265 Å². The average molecular weight is 633 g/mol. The van der Waals surface area contributed by atoms with Crippen molar-refractivity contribution in [3.8, 4) is 11.5 Å². The van der Waals surface area contributed by atoms with Gasteiger partial charge in [-0.3, -0.25) is 9.59 Å². The van der Waals surface area contributed by atoms with Crippen molar-refractivity contribution in [3.05, 3.63) is 59.2 Å². The van der Waals surface area contributed by atoms with E-state index in [1.807, 2.05) is 37.3 Å². The number of ketones is 1. The number of hydrogen-bond acceptors (Lipinski definition) is 7. The van der Waals surface area contributed by atoms with Crippen LogP contribution in [0.25, 0.3) is 0 Å². The first-order valence-electron chi connectivity index (χ1n) is 16.3. The van der Waals surface area contributed by atoms with Crippen LogP contribution in [-0.4, -0.2) is 45.7 Å². The number of benzene rings is 2. The minimum atomic E-state index is -4.31. The predicted octanol–water partition coefficient (Wildman–Crippen LogP) is 7.40. The highest BCUT2D eigenvalue weighted by atomic mass is 31.2. The van der Waals surface area contributed by atoms with Gasteiger partial charge in [-0.2, -0.15) is 14.7 Å². The second kappa shape index (κ2) is 21.3. The number of aryl methyl sites for hydroxylation is 1. The number of unbranched alkanes of at least 4 members (excludes halogenated alkanes) is 12. The minimum absolute atomic E-state index is 0.168. The van der Waals surface area contributed by atoms with Gasteiger partial charge in [-0.1, -0.05) is 102 Å². The van der Waals surface area contributed by atoms with Gasteiger partial charge in [0.1, 0.15) is 18.1 Å². The van der Waals surface area contributed by atoms with Gasteiger partial charge in [0, 0.05) is 6.42 Å². The molecule has 2 aromatic rings. The summed E-state index contributed by atoms with van der Waals surface area (Å²) in [6.07, 6.45) is 15.5. The van der Waals surface area contributed by atoms with Gasteiger partial charge in [-0.05, 0) is 60.7 Å². The highest BCUT2D eigenvalue weighted by Crippen LogP contribution is 2.44. The molecule has 0 saturated heterocycles. The number of Topliss-reactive ketones (excluding diaryl/α,β-unsaturated/α-hetero) is 1. The molecule has 4 N–H and O–H groups in total. The Hall–Kier alpha value is -2.51. The lowest BCUT2D eigenvalue weighted by molar-refractivity contribution is -0.126. The van der Waals surface area contributed by atoms with Crippen LogP contribution in [0.4, 0.5) is 0 Å². The number of carbonyl (C=O) groups excluding carboxylic acids is 2. The first-order chi connectivity index (χ1) is 21.1. The Morgan fingerprint density at radius 2 is 1.34 bits per heavy atom. The summed E-state index contributed by atoms with van der Waals surface area (Å²) in [5.41, 5.74) is 2.80. The lowest BCUT2D eigenvalue weighted by atomic mass is 10.0. The fourth-order valence-electron chi connectivity index (χ4n) is 5.29. The molecule has 0 spiro atoms. The summed E-state index contributed by atoms with van der Waals surface area (Å²) in [7, 11) is -2.67. The third-order valence-electron chi connectivity index (χ3n) is 7.83. The van der Waals surface area contributed by atoms with E-state index in [1.165, 1.54) is 64.2 Å². The molecule has 246 valence electrons. The van der Waals surface area contributed by atoms with E-state index >= 15 is 0 Å². The standard InChI is InChI=1S/C35H54NO7P/c1-4-5-6-7-8-9-10-11-12-13-14-15-16-17-35(38)36-32(33(37)27-44(39,40)41)25-29-18-21-31(22-19-29)43-26-30-20-23-34(42-3)28(2)24-30/h18-24,32,39-41H,4-17,25-27H2,1-3H3/p+1/t32-/m0/s1. The highest BCUT2D eigenvalue weighted by Gasteiger charge is 2.37. The summed E-state index contributed by atoms with van der Waals surface area (Å²) in [5.74, 6) is 0.614. The zero-order valence-corrected chi connectivity index (χ0v) is 28.0. The lowest BCUT2D eigenvalue weighted by Gasteiger charge is -2.18. The molecule has 0 aliphatic rings. The summed E-state index contributed by atoms with van der Waals surface area (Å²) in [5, 5.41) is 2.76. The molecule has 1 atom stereocenters. The number of amides is 1. The van der Waals surface area contributed by atoms with E-state index in [4.69, 9.17) is 9.47 Å². The molecule has 0 fully saturated rings. The molecule has 0 unspecified atom stereocenters. The number of ether oxygens (including phenoxy) is 2. The maximum atomic E-state index is 12.8. The van der Waals surface area contributed by atoms with E-state index in [-0.39, 0.29) is 12.3 Å². The minimum Gasteiger partial charge on any atom is -0.496 e. The number of carbonyl (C=O) groups is 2. The van der Waals surface area contributed by atoms with Crippen LogP contribution in [0.1, 0.15) is 114 Å². The Kier molecular flexibility index (Phi) is 18.2. The van der Waals surface area contributed by atoms with Crippen molar-refractivity contribution in [2.75, 3.05) is 13.3 Å². The van der Waals surface area contributed by atoms with Crippen molar-refractivity contribution in [1.29, 1.82) is 0 Å². The Morgan fingerprint density at radius 1 is 0.795 bits per heavy atom. The van der Waals surface area contributed by atoms with Crippen LogP contribution < -0.4 is 14.8 Å². The van der Waals surface area contributed by atoms with E-state index in [0.717, 1.165) is 41.7 Å². The summed E-state index contributed by atoms with van der Waals surface area (Å²) in [6, 6.07) is 12.1. The highest BCUT2D eigenvalue weighted by molar-refractivity contribution is 7.59. The third-order valence-corrected chi connectivity index (χ3v) is 8.56. The van der Waals surface area contributed by atoms with Crippen LogP contribution >= 0.6 is 7.94 Å². The quantitative estimate of drug-likeness (QED) is 0.0702. The number of methoxy groups -OCH3 is 1. The zero-order valence-electron chi connectivity index (χ0n) is 27.1. The smallest absolute Gasteiger partial charge is 0.411 e. The van der Waals surface area contributed by atoms with Crippen LogP contribution in [-0.2, 0) is 22.6 Å². The van der Waals surface area contributed by atoms with E-state index in [1.54, 1.807) is 19.2 Å². The van der Waals surface area contributed by atoms with E-state index in [2.05, 4.69) is 12.2 Å². The molecule has 1 amide bonds. The molecule has 8 nitrogen and oxygen atoms in total. The summed E-state index contributed by atoms with van der Waals surface area (Å²) >= 11 is 0. The monoisotopic (exact) mass is 632 g/mol. The van der Waals surface area contributed by atoms with Gasteiger partial charge >= 0.3 is 7.94 Å². The van der Waals surface area contributed by atoms with Crippen molar-refractivity contribution >= 4 is 19.6 Å². The van der Waals surface area contributed by atoms with Crippen molar-refractivity contribution in [2.45, 2.75) is 123 Å². The maximum Gasteiger partial charge on any atom is 0.411 e. The first-order valence-corrected chi connectivity index (χ1v) is 18.2. The van der Waals surface area contributed by atoms with E-state index in [9.17, 15) is 24.3 Å². The largest absolute Gasteiger partial charge is 0.496 e. The van der Waals surface area contributed by atoms with Crippen LogP contribution in [0.5, 0.6) is 11.5 Å². The Morgan fingerprint density at radius 3 is 1.86 bits per heavy atom. The van der Waals surface area contributed by atoms with E-state index < -0.39 is 25.9 Å². The average Bonchev–Trinajstić information content (AvgIpc) is 2.98. The first kappa shape index (κ1) is 37.7. The summed E-state index contributed by atoms with van der Waals surface area (Å²) in [6.45, 7) is 4.60. The number of rotatable bonds is 24. The topological polar surface area (TPSA) is 125 Å². The van der Waals surface area contributed by atoms with Gasteiger partial charge in [0.15, 0.2) is 6.16 Å². The fraction of sp³-hybridized carbons (Fsp3) is 0.600. The van der Waals surface area contributed by atoms with Crippen molar-refractivity contribution in [3.63, 3.8) is 0 Å². The van der Waals surface area contributed by atoms with Gasteiger partial charge in [0.25, 0.3) is 0 Å². The van der Waals surface area contributed by atoms with Gasteiger partial charge in [0.05, 0.1) is 13.2 Å². The van der Waals surface area contributed by atoms with Crippen molar-refractivity contribution in [1.82, 2.24) is 5.32 Å². The molecule has 0 heterocycles. The second-order valence-corrected chi connectivity index (χ2v) is 13.6. The predicted molar refractivity (Wildman–Crippen MR) is 178 cm³/mol. The Balaban J connectivity index is 1.76. The van der Waals surface area contributed by atoms with Crippen LogP contribution in [0.3, 0.4) is 0 Å². The number of nitrogens with one attached hydrogen (secondary N) is 1. The van der Waals surface area contributed by atoms with Crippen molar-refractivity contribution < 1.29 is 33.7 Å². The molecule has 2 rings (SSSR count). The zero-order chi connectivity index (χ0) is 32.2. The molecule has 0 aromatic heterocycles. The molecular formula is C35H55NO7P+. The van der Waals surface area contributed by atoms with Crippen LogP contribution in [0.2, 0.25) is 0 Å². The molecule has 2 aromatic carbocycles. The van der Waals surface area contributed by atoms with Crippen molar-refractivity contribution in [2.24, 2.45) is 0 Å². The Bertz CT molecular complexity index is 1100. The van der Waals surface area contributed by atoms with Crippen LogP contribution in [0.15, 0.2) is 42.5 Å². The molecule has 0 saturated carbocycles. The normalized spacial score (nSPS) is 12.1. The summed E-state index contributed by atoms with van der Waals surface area (Å²) in [4.78, 5) is 53.9.